The van der Waals surface area contributed by atoms with Crippen molar-refractivity contribution in [1.29, 1.82) is 0 Å². The van der Waals surface area contributed by atoms with E-state index in [1.54, 1.807) is 21.2 Å². The summed E-state index contributed by atoms with van der Waals surface area (Å²) in [5.41, 5.74) is 3.84. The molecule has 0 aliphatic rings. The van der Waals surface area contributed by atoms with Crippen LogP contribution in [0.2, 0.25) is 0 Å². The number of hydrogen-bond acceptors (Lipinski definition) is 3. The van der Waals surface area contributed by atoms with Crippen molar-refractivity contribution in [3.63, 3.8) is 0 Å². The first-order valence-electron chi connectivity index (χ1n) is 8.21. The Bertz CT molecular complexity index is 542. The van der Waals surface area contributed by atoms with Crippen LogP contribution in [0.3, 0.4) is 0 Å². The average Bonchev–Trinajstić information content (AvgIpc) is 2.50. The van der Waals surface area contributed by atoms with Gasteiger partial charge in [-0.15, -0.1) is 24.0 Å². The molecule has 2 N–H and O–H groups in total. The van der Waals surface area contributed by atoms with Gasteiger partial charge in [0.25, 0.3) is 0 Å². The molecule has 7 heteroatoms. The van der Waals surface area contributed by atoms with Crippen molar-refractivity contribution in [3.8, 4) is 0 Å². The van der Waals surface area contributed by atoms with Gasteiger partial charge in [0.1, 0.15) is 6.54 Å². The van der Waals surface area contributed by atoms with Crippen molar-refractivity contribution in [2.75, 3.05) is 47.4 Å². The van der Waals surface area contributed by atoms with E-state index in [4.69, 9.17) is 4.74 Å². The van der Waals surface area contributed by atoms with Crippen LogP contribution in [0, 0.1) is 13.8 Å². The van der Waals surface area contributed by atoms with Crippen LogP contribution in [-0.4, -0.2) is 64.2 Å². The van der Waals surface area contributed by atoms with Gasteiger partial charge in [0, 0.05) is 34.3 Å². The quantitative estimate of drug-likeness (QED) is 0.267. The molecule has 1 aromatic rings. The summed E-state index contributed by atoms with van der Waals surface area (Å²) in [5, 5.41) is 6.44. The Morgan fingerprint density at radius 3 is 2.28 bits per heavy atom. The third kappa shape index (κ3) is 10.3. The van der Waals surface area contributed by atoms with E-state index in [0.717, 1.165) is 13.0 Å². The van der Waals surface area contributed by atoms with E-state index in [1.165, 1.54) is 21.6 Å². The Hall–Kier alpha value is -1.35. The number of hydrogen-bond donors (Lipinski definition) is 2. The standard InChI is InChI=1S/C18H30N4O2.HI/c1-14-10-15(2)12-16(11-14)6-7-19-18(20-8-9-24-5)21-13-17(23)22(3)4;/h10-12H,6-9,13H2,1-5H3,(H2,19,20,21);1H. The van der Waals surface area contributed by atoms with E-state index in [9.17, 15) is 4.79 Å². The molecule has 0 fully saturated rings. The topological polar surface area (TPSA) is 66.0 Å². The van der Waals surface area contributed by atoms with E-state index in [0.29, 0.717) is 19.1 Å². The Kier molecular flexibility index (Phi) is 12.2. The van der Waals surface area contributed by atoms with Crippen molar-refractivity contribution in [1.82, 2.24) is 15.5 Å². The Morgan fingerprint density at radius 2 is 1.72 bits per heavy atom. The fourth-order valence-electron chi connectivity index (χ4n) is 2.27. The summed E-state index contributed by atoms with van der Waals surface area (Å²) in [6, 6.07) is 6.56. The number of likely N-dealkylation sites (N-methyl/N-ethyl adjacent to an activating group) is 1. The highest BCUT2D eigenvalue weighted by Gasteiger charge is 2.04. The maximum absolute atomic E-state index is 11.7. The largest absolute Gasteiger partial charge is 0.383 e. The van der Waals surface area contributed by atoms with Crippen LogP contribution < -0.4 is 10.6 Å². The molecule has 0 heterocycles. The summed E-state index contributed by atoms with van der Waals surface area (Å²) in [4.78, 5) is 17.6. The van der Waals surface area contributed by atoms with Crippen molar-refractivity contribution in [2.45, 2.75) is 20.3 Å². The van der Waals surface area contributed by atoms with Crippen LogP contribution in [0.15, 0.2) is 23.2 Å². The van der Waals surface area contributed by atoms with E-state index in [2.05, 4.69) is 47.7 Å². The maximum atomic E-state index is 11.7. The molecule has 0 aliphatic heterocycles. The number of nitrogens with one attached hydrogen (secondary N) is 2. The normalized spacial score (nSPS) is 10.8. The first-order chi connectivity index (χ1) is 11.4. The van der Waals surface area contributed by atoms with Crippen molar-refractivity contribution in [2.24, 2.45) is 4.99 Å². The number of aliphatic imine (C=N–C) groups is 1. The summed E-state index contributed by atoms with van der Waals surface area (Å²) in [6.45, 7) is 6.31. The molecule has 0 saturated carbocycles. The van der Waals surface area contributed by atoms with E-state index in [1.807, 2.05) is 0 Å². The average molecular weight is 462 g/mol. The highest BCUT2D eigenvalue weighted by Crippen LogP contribution is 2.08. The molecule has 1 amide bonds. The van der Waals surface area contributed by atoms with Gasteiger partial charge < -0.3 is 20.3 Å². The third-order valence-corrected chi connectivity index (χ3v) is 3.46. The number of benzene rings is 1. The summed E-state index contributed by atoms with van der Waals surface area (Å²) in [6.07, 6.45) is 0.898. The maximum Gasteiger partial charge on any atom is 0.243 e. The van der Waals surface area contributed by atoms with Gasteiger partial charge in [-0.25, -0.2) is 4.99 Å². The van der Waals surface area contributed by atoms with Crippen LogP contribution in [-0.2, 0) is 16.0 Å². The fourth-order valence-corrected chi connectivity index (χ4v) is 2.27. The zero-order valence-corrected chi connectivity index (χ0v) is 18.2. The molecule has 1 rings (SSSR count). The molecule has 1 aromatic carbocycles. The van der Waals surface area contributed by atoms with Crippen molar-refractivity contribution < 1.29 is 9.53 Å². The van der Waals surface area contributed by atoms with Crippen LogP contribution in [0.25, 0.3) is 0 Å². The minimum atomic E-state index is -0.0304. The molecule has 142 valence electrons. The highest BCUT2D eigenvalue weighted by molar-refractivity contribution is 14.0. The second-order valence-electron chi connectivity index (χ2n) is 6.05. The smallest absolute Gasteiger partial charge is 0.243 e. The second-order valence-corrected chi connectivity index (χ2v) is 6.05. The van der Waals surface area contributed by atoms with Gasteiger partial charge in [-0.1, -0.05) is 29.3 Å². The number of guanidine groups is 1. The number of carbonyl (C=O) groups excluding carboxylic acids is 1. The van der Waals surface area contributed by atoms with E-state index >= 15 is 0 Å². The molecule has 0 saturated heterocycles. The number of carbonyl (C=O) groups is 1. The Morgan fingerprint density at radius 1 is 1.12 bits per heavy atom. The SMILES string of the molecule is COCCNC(=NCC(=O)N(C)C)NCCc1cc(C)cc(C)c1.I. The number of ether oxygens (including phenoxy) is 1. The molecular weight excluding hydrogens is 431 g/mol. The molecule has 0 unspecified atom stereocenters. The van der Waals surface area contributed by atoms with E-state index in [-0.39, 0.29) is 36.4 Å². The minimum Gasteiger partial charge on any atom is -0.383 e. The first kappa shape index (κ1) is 23.6. The fraction of sp³-hybridized carbons (Fsp3) is 0.556. The molecule has 0 aromatic heterocycles. The van der Waals surface area contributed by atoms with Crippen molar-refractivity contribution in [3.05, 3.63) is 34.9 Å². The molecule has 0 atom stereocenters. The van der Waals surface area contributed by atoms with Crippen molar-refractivity contribution >= 4 is 35.8 Å². The zero-order valence-electron chi connectivity index (χ0n) is 15.9. The summed E-state index contributed by atoms with van der Waals surface area (Å²) >= 11 is 0. The number of aryl methyl sites for hydroxylation is 2. The second kappa shape index (κ2) is 12.9. The van der Waals surface area contributed by atoms with Gasteiger partial charge in [-0.05, 0) is 25.8 Å². The number of nitrogens with zero attached hydrogens (tertiary/aromatic N) is 2. The molecule has 0 radical (unpaired) electrons. The Balaban J connectivity index is 0.00000576. The zero-order chi connectivity index (χ0) is 17.9. The van der Waals surface area contributed by atoms with Gasteiger partial charge in [0.2, 0.25) is 5.91 Å². The third-order valence-electron chi connectivity index (χ3n) is 3.46. The van der Waals surface area contributed by atoms with Crippen LogP contribution >= 0.6 is 24.0 Å². The van der Waals surface area contributed by atoms with E-state index < -0.39 is 0 Å². The molecule has 25 heavy (non-hydrogen) atoms. The van der Waals surface area contributed by atoms with Gasteiger partial charge >= 0.3 is 0 Å². The molecule has 0 bridgehead atoms. The lowest BCUT2D eigenvalue weighted by Gasteiger charge is -2.14. The van der Waals surface area contributed by atoms with Gasteiger partial charge in [-0.2, -0.15) is 0 Å². The highest BCUT2D eigenvalue weighted by atomic mass is 127. The lowest BCUT2D eigenvalue weighted by molar-refractivity contribution is -0.127. The van der Waals surface area contributed by atoms with Crippen LogP contribution in [0.5, 0.6) is 0 Å². The molecule has 0 spiro atoms. The summed E-state index contributed by atoms with van der Waals surface area (Å²) < 4.78 is 5.04. The monoisotopic (exact) mass is 462 g/mol. The minimum absolute atomic E-state index is 0. The summed E-state index contributed by atoms with van der Waals surface area (Å²) in [7, 11) is 5.11. The van der Waals surface area contributed by atoms with Gasteiger partial charge in [0.15, 0.2) is 5.96 Å². The predicted molar refractivity (Wildman–Crippen MR) is 114 cm³/mol. The first-order valence-corrected chi connectivity index (χ1v) is 8.21. The Labute approximate surface area is 168 Å². The number of rotatable bonds is 8. The predicted octanol–water partition coefficient (Wildman–Crippen LogP) is 1.73. The number of halogens is 1. The lowest BCUT2D eigenvalue weighted by atomic mass is 10.1. The number of methoxy groups -OCH3 is 1. The number of amides is 1. The molecule has 0 aliphatic carbocycles. The molecule has 6 nitrogen and oxygen atoms in total. The lowest BCUT2D eigenvalue weighted by Crippen LogP contribution is -2.40. The van der Waals surface area contributed by atoms with Crippen LogP contribution in [0.1, 0.15) is 16.7 Å². The van der Waals surface area contributed by atoms with Crippen LogP contribution in [0.4, 0.5) is 0 Å². The molecular formula is C18H31IN4O2. The van der Waals surface area contributed by atoms with Gasteiger partial charge in [-0.3, -0.25) is 4.79 Å². The van der Waals surface area contributed by atoms with Gasteiger partial charge in [0.05, 0.1) is 6.61 Å². The summed E-state index contributed by atoms with van der Waals surface area (Å²) in [5.74, 6) is 0.601.